The third kappa shape index (κ3) is 3.28. The Hall–Kier alpha value is -2.77. The van der Waals surface area contributed by atoms with Crippen molar-refractivity contribution in [1.29, 1.82) is 0 Å². The van der Waals surface area contributed by atoms with E-state index in [9.17, 15) is 24.8 Å². The normalized spacial score (nSPS) is 27.7. The third-order valence-electron chi connectivity index (χ3n) is 9.45. The number of hydrogen-bond donors (Lipinski definition) is 4. The summed E-state index contributed by atoms with van der Waals surface area (Å²) in [6.45, 7) is 2.75. The maximum absolute atomic E-state index is 14.8. The van der Waals surface area contributed by atoms with Gasteiger partial charge in [0.15, 0.2) is 23.1 Å². The molecule has 0 bridgehead atoms. The molecule has 4 N–H and O–H groups in total. The van der Waals surface area contributed by atoms with Crippen molar-refractivity contribution in [2.24, 2.45) is 11.8 Å². The number of phenols is 3. The van der Waals surface area contributed by atoms with E-state index in [1.807, 2.05) is 6.07 Å². The van der Waals surface area contributed by atoms with E-state index in [1.165, 1.54) is 30.7 Å². The number of benzene rings is 2. The van der Waals surface area contributed by atoms with Crippen LogP contribution in [0.5, 0.6) is 17.2 Å². The van der Waals surface area contributed by atoms with E-state index in [0.29, 0.717) is 30.7 Å². The molecule has 4 aliphatic rings. The summed E-state index contributed by atoms with van der Waals surface area (Å²) in [6, 6.07) is 6.27. The van der Waals surface area contributed by atoms with Crippen molar-refractivity contribution in [2.45, 2.75) is 69.6 Å². The molecule has 0 spiro atoms. The molecular weight excluding hydrogens is 459 g/mol. The van der Waals surface area contributed by atoms with Crippen molar-refractivity contribution in [1.82, 2.24) is 9.47 Å². The van der Waals surface area contributed by atoms with E-state index in [0.717, 1.165) is 60.9 Å². The van der Waals surface area contributed by atoms with Gasteiger partial charge in [0.2, 0.25) is 0 Å². The predicted octanol–water partition coefficient (Wildman–Crippen LogP) is 4.02. The van der Waals surface area contributed by atoms with Crippen LogP contribution in [-0.4, -0.2) is 54.6 Å². The van der Waals surface area contributed by atoms with Gasteiger partial charge in [0.1, 0.15) is 0 Å². The molecule has 1 saturated heterocycles. The minimum absolute atomic E-state index is 0.0838. The van der Waals surface area contributed by atoms with E-state index in [1.54, 1.807) is 6.07 Å². The van der Waals surface area contributed by atoms with Crippen LogP contribution in [0, 0.1) is 17.7 Å². The van der Waals surface area contributed by atoms with Gasteiger partial charge in [0.25, 0.3) is 0 Å². The second-order valence-corrected chi connectivity index (χ2v) is 11.6. The van der Waals surface area contributed by atoms with Gasteiger partial charge in [-0.25, -0.2) is 4.39 Å². The second kappa shape index (κ2) is 7.86. The highest BCUT2D eigenvalue weighted by Crippen LogP contribution is 2.49. The Morgan fingerprint density at radius 2 is 1.83 bits per heavy atom. The number of piperidine rings is 1. The summed E-state index contributed by atoms with van der Waals surface area (Å²) >= 11 is 0. The second-order valence-electron chi connectivity index (χ2n) is 11.6. The SMILES string of the molecule is Oc1ccc(CC2N(CC3CC3)CCC3Cc4c(c5cc(F)c(O)c6c5n4CCC6)CC32O)cc1O. The van der Waals surface area contributed by atoms with Crippen LogP contribution in [0.15, 0.2) is 24.3 Å². The Bertz CT molecular complexity index is 1380. The van der Waals surface area contributed by atoms with Gasteiger partial charge in [-0.15, -0.1) is 0 Å². The largest absolute Gasteiger partial charge is 0.505 e. The maximum Gasteiger partial charge on any atom is 0.165 e. The summed E-state index contributed by atoms with van der Waals surface area (Å²) in [5.41, 5.74) is 3.76. The van der Waals surface area contributed by atoms with Crippen LogP contribution in [0.2, 0.25) is 0 Å². The zero-order chi connectivity index (χ0) is 24.8. The molecule has 1 aromatic heterocycles. The fourth-order valence-electron chi connectivity index (χ4n) is 7.45. The van der Waals surface area contributed by atoms with Crippen LogP contribution < -0.4 is 0 Å². The highest BCUT2D eigenvalue weighted by molar-refractivity contribution is 5.91. The fourth-order valence-corrected chi connectivity index (χ4v) is 7.45. The Kier molecular flexibility index (Phi) is 4.90. The molecule has 36 heavy (non-hydrogen) atoms. The third-order valence-corrected chi connectivity index (χ3v) is 9.45. The van der Waals surface area contributed by atoms with Crippen LogP contribution >= 0.6 is 0 Å². The van der Waals surface area contributed by atoms with E-state index in [2.05, 4.69) is 9.47 Å². The average Bonchev–Trinajstić information content (AvgIpc) is 3.63. The minimum Gasteiger partial charge on any atom is -0.505 e. The van der Waals surface area contributed by atoms with Gasteiger partial charge >= 0.3 is 0 Å². The summed E-state index contributed by atoms with van der Waals surface area (Å²) in [4.78, 5) is 2.44. The molecule has 0 amide bonds. The van der Waals surface area contributed by atoms with Crippen LogP contribution in [0.1, 0.15) is 48.1 Å². The first kappa shape index (κ1) is 22.4. The standard InChI is InChI=1S/C29H33FN2O4/c30-22-13-20-21-14-29(36)18(12-23(21)32-8-1-2-19(27(20)32)28(22)35)7-9-31(15-16-3-4-16)26(29)11-17-5-6-24(33)25(34)10-17/h5-6,10,13,16,18,26,33-36H,1-4,7-9,11-12,14-15H2. The molecule has 2 aliphatic heterocycles. The summed E-state index contributed by atoms with van der Waals surface area (Å²) in [7, 11) is 0. The van der Waals surface area contributed by atoms with Crippen molar-refractivity contribution in [2.75, 3.05) is 13.1 Å². The summed E-state index contributed by atoms with van der Waals surface area (Å²) in [5, 5.41) is 43.8. The smallest absolute Gasteiger partial charge is 0.165 e. The molecule has 190 valence electrons. The Balaban J connectivity index is 1.33. The number of aryl methyl sites for hydroxylation is 2. The first-order valence-electron chi connectivity index (χ1n) is 13.3. The lowest BCUT2D eigenvalue weighted by Gasteiger charge is -2.54. The van der Waals surface area contributed by atoms with Crippen LogP contribution in [0.3, 0.4) is 0 Å². The molecule has 1 saturated carbocycles. The number of aromatic hydroxyl groups is 3. The van der Waals surface area contributed by atoms with E-state index in [4.69, 9.17) is 0 Å². The monoisotopic (exact) mass is 492 g/mol. The molecule has 2 aromatic carbocycles. The number of fused-ring (bicyclic) bond motifs is 4. The number of halogens is 1. The van der Waals surface area contributed by atoms with Crippen LogP contribution in [0.4, 0.5) is 4.39 Å². The van der Waals surface area contributed by atoms with Crippen molar-refractivity contribution in [3.05, 3.63) is 52.5 Å². The molecule has 3 unspecified atom stereocenters. The summed E-state index contributed by atoms with van der Waals surface area (Å²) in [5.74, 6) is -0.332. The topological polar surface area (TPSA) is 89.1 Å². The predicted molar refractivity (Wildman–Crippen MR) is 134 cm³/mol. The van der Waals surface area contributed by atoms with Crippen molar-refractivity contribution in [3.63, 3.8) is 0 Å². The van der Waals surface area contributed by atoms with Crippen LogP contribution in [0.25, 0.3) is 10.9 Å². The number of hydrogen-bond acceptors (Lipinski definition) is 5. The molecule has 7 rings (SSSR count). The molecule has 3 atom stereocenters. The zero-order valence-corrected chi connectivity index (χ0v) is 20.4. The number of rotatable bonds is 4. The molecule has 6 nitrogen and oxygen atoms in total. The van der Waals surface area contributed by atoms with Gasteiger partial charge in [-0.3, -0.25) is 4.90 Å². The molecule has 2 fully saturated rings. The molecule has 2 aliphatic carbocycles. The molecule has 0 radical (unpaired) electrons. The highest BCUT2D eigenvalue weighted by Gasteiger charge is 2.53. The van der Waals surface area contributed by atoms with Crippen molar-refractivity contribution >= 4 is 10.9 Å². The van der Waals surface area contributed by atoms with Gasteiger partial charge in [-0.1, -0.05) is 6.07 Å². The maximum atomic E-state index is 14.8. The van der Waals surface area contributed by atoms with Crippen molar-refractivity contribution < 1.29 is 24.8 Å². The lowest BCUT2D eigenvalue weighted by molar-refractivity contribution is -0.126. The van der Waals surface area contributed by atoms with Crippen molar-refractivity contribution in [3.8, 4) is 17.2 Å². The van der Waals surface area contributed by atoms with Gasteiger partial charge < -0.3 is 25.0 Å². The first-order chi connectivity index (χ1) is 17.3. The van der Waals surface area contributed by atoms with Gasteiger partial charge in [-0.05, 0) is 92.7 Å². The number of likely N-dealkylation sites (tertiary alicyclic amines) is 1. The summed E-state index contributed by atoms with van der Waals surface area (Å²) < 4.78 is 17.1. The fraction of sp³-hybridized carbons (Fsp3) is 0.517. The number of nitrogens with zero attached hydrogens (tertiary/aromatic N) is 2. The zero-order valence-electron chi connectivity index (χ0n) is 20.4. The van der Waals surface area contributed by atoms with E-state index >= 15 is 0 Å². The number of aromatic nitrogens is 1. The lowest BCUT2D eigenvalue weighted by atomic mass is 9.65. The van der Waals surface area contributed by atoms with Gasteiger partial charge in [0, 0.05) is 42.2 Å². The molecule has 7 heteroatoms. The molecule has 3 heterocycles. The minimum atomic E-state index is -0.991. The van der Waals surface area contributed by atoms with E-state index < -0.39 is 11.4 Å². The molecular formula is C29H33FN2O4. The number of aliphatic hydroxyl groups is 1. The van der Waals surface area contributed by atoms with E-state index in [-0.39, 0.29) is 29.2 Å². The Morgan fingerprint density at radius 1 is 1.00 bits per heavy atom. The van der Waals surface area contributed by atoms with Gasteiger partial charge in [-0.2, -0.15) is 0 Å². The number of phenolic OH excluding ortho intramolecular Hbond substituents is 3. The lowest BCUT2D eigenvalue weighted by Crippen LogP contribution is -2.65. The Morgan fingerprint density at radius 3 is 2.61 bits per heavy atom. The summed E-state index contributed by atoms with van der Waals surface area (Å²) in [6.07, 6.45) is 6.68. The molecule has 3 aromatic rings. The van der Waals surface area contributed by atoms with Crippen LogP contribution in [-0.2, 0) is 32.2 Å². The highest BCUT2D eigenvalue weighted by atomic mass is 19.1. The first-order valence-corrected chi connectivity index (χ1v) is 13.3. The van der Waals surface area contributed by atoms with Gasteiger partial charge in [0.05, 0.1) is 11.1 Å². The quantitative estimate of drug-likeness (QED) is 0.413. The average molecular weight is 493 g/mol. The Labute approximate surface area is 209 Å².